The highest BCUT2D eigenvalue weighted by molar-refractivity contribution is 6.24. The number of hydrogen-bond acceptors (Lipinski definition) is 9. The van der Waals surface area contributed by atoms with Crippen molar-refractivity contribution in [1.29, 1.82) is 0 Å². The van der Waals surface area contributed by atoms with Crippen LogP contribution in [-0.4, -0.2) is 94.1 Å². The minimum Gasteiger partial charge on any atom is -0.508 e. The predicted molar refractivity (Wildman–Crippen MR) is 130 cm³/mol. The van der Waals surface area contributed by atoms with Gasteiger partial charge in [-0.1, -0.05) is 11.8 Å². The van der Waals surface area contributed by atoms with Crippen molar-refractivity contribution in [2.45, 2.75) is 24.5 Å². The van der Waals surface area contributed by atoms with E-state index >= 15 is 0 Å². The van der Waals surface area contributed by atoms with Crippen molar-refractivity contribution in [2.24, 2.45) is 17.6 Å². The van der Waals surface area contributed by atoms with Crippen molar-refractivity contribution >= 4 is 23.2 Å². The van der Waals surface area contributed by atoms with Crippen LogP contribution in [-0.2, 0) is 20.8 Å². The van der Waals surface area contributed by atoms with E-state index in [1.807, 2.05) is 19.0 Å². The van der Waals surface area contributed by atoms with Crippen molar-refractivity contribution in [3.8, 4) is 17.6 Å². The molecule has 0 aliphatic heterocycles. The molecule has 1 aromatic carbocycles. The van der Waals surface area contributed by atoms with E-state index in [4.69, 9.17) is 5.73 Å². The molecule has 0 radical (unpaired) electrons. The fraction of sp³-hybridized carbons (Fsp3) is 0.423. The van der Waals surface area contributed by atoms with E-state index in [-0.39, 0.29) is 29.7 Å². The highest BCUT2D eigenvalue weighted by Crippen LogP contribution is 2.52. The van der Waals surface area contributed by atoms with E-state index in [0.717, 1.165) is 0 Å². The number of likely N-dealkylation sites (N-methyl/N-ethyl adjacent to an activating group) is 1. The van der Waals surface area contributed by atoms with Crippen molar-refractivity contribution in [2.75, 3.05) is 34.7 Å². The van der Waals surface area contributed by atoms with E-state index in [2.05, 4.69) is 11.8 Å². The second kappa shape index (κ2) is 8.78. The number of ketones is 2. The van der Waals surface area contributed by atoms with Crippen LogP contribution in [0.5, 0.6) is 5.75 Å². The molecule has 1 amide bonds. The number of phenolic OH excluding ortho intramolecular Hbond substituents is 1. The van der Waals surface area contributed by atoms with Gasteiger partial charge in [-0.25, -0.2) is 0 Å². The van der Waals surface area contributed by atoms with Gasteiger partial charge in [0.25, 0.3) is 5.91 Å². The lowest BCUT2D eigenvalue weighted by molar-refractivity contribution is -0.153. The van der Waals surface area contributed by atoms with Crippen LogP contribution in [0.1, 0.15) is 23.1 Å². The van der Waals surface area contributed by atoms with Gasteiger partial charge in [-0.15, -0.1) is 0 Å². The highest BCUT2D eigenvalue weighted by Gasteiger charge is 2.64. The molecule has 4 atom stereocenters. The zero-order valence-corrected chi connectivity index (χ0v) is 20.5. The second-order valence-electron chi connectivity index (χ2n) is 9.99. The van der Waals surface area contributed by atoms with Gasteiger partial charge in [0, 0.05) is 17.1 Å². The molecule has 0 heterocycles. The van der Waals surface area contributed by atoms with Gasteiger partial charge in [0.05, 0.1) is 18.2 Å². The summed E-state index contributed by atoms with van der Waals surface area (Å²) in [6.45, 7) is 0.486. The van der Waals surface area contributed by atoms with Gasteiger partial charge in [-0.2, -0.15) is 0 Å². The number of carbonyl (C=O) groups excluding carboxylic acids is 3. The molecular weight excluding hydrogens is 466 g/mol. The summed E-state index contributed by atoms with van der Waals surface area (Å²) in [4.78, 5) is 42.3. The summed E-state index contributed by atoms with van der Waals surface area (Å²) >= 11 is 0. The molecule has 0 spiro atoms. The Bertz CT molecular complexity index is 1310. The maximum atomic E-state index is 13.8. The minimum atomic E-state index is -2.65. The molecule has 4 unspecified atom stereocenters. The van der Waals surface area contributed by atoms with Crippen LogP contribution in [0, 0.1) is 23.7 Å². The first kappa shape index (κ1) is 25.4. The number of aliphatic hydroxyl groups is 3. The molecule has 1 aromatic rings. The monoisotopic (exact) mass is 495 g/mol. The molecule has 10 nitrogen and oxygen atoms in total. The Morgan fingerprint density at radius 2 is 1.83 bits per heavy atom. The Balaban J connectivity index is 1.93. The molecule has 10 heteroatoms. The van der Waals surface area contributed by atoms with E-state index in [0.29, 0.717) is 17.7 Å². The summed E-state index contributed by atoms with van der Waals surface area (Å²) in [5.74, 6) is -0.664. The third-order valence-electron chi connectivity index (χ3n) is 7.22. The fourth-order valence-corrected chi connectivity index (χ4v) is 5.65. The van der Waals surface area contributed by atoms with E-state index in [1.165, 1.54) is 11.0 Å². The van der Waals surface area contributed by atoms with Crippen LogP contribution in [0.25, 0.3) is 5.76 Å². The lowest BCUT2D eigenvalue weighted by Gasteiger charge is -2.50. The number of nitrogens with two attached hydrogens (primary N) is 1. The Hall–Kier alpha value is -3.65. The van der Waals surface area contributed by atoms with E-state index in [9.17, 15) is 34.8 Å². The quantitative estimate of drug-likeness (QED) is 0.284. The standard InChI is InChI=1S/C26H29N3O7/c1-28(2)9-5-6-12-7-8-16(30)18-14(12)10-13-11-15-20(29(3)4)22(32)19(25(27)35)24(34)26(15,36)23(33)17(13)21(18)31/h7-8,13,15,20,30-31,34,36H,9-11H2,1-4H3,(H2,27,35). The third-order valence-corrected chi connectivity index (χ3v) is 7.22. The van der Waals surface area contributed by atoms with Gasteiger partial charge in [0.2, 0.25) is 5.78 Å². The number of amides is 1. The normalized spacial score (nSPS) is 27.5. The summed E-state index contributed by atoms with van der Waals surface area (Å²) in [5.41, 5.74) is 2.81. The van der Waals surface area contributed by atoms with Gasteiger partial charge in [0.15, 0.2) is 11.4 Å². The number of fused-ring (bicyclic) bond motifs is 3. The molecule has 36 heavy (non-hydrogen) atoms. The highest BCUT2D eigenvalue weighted by atomic mass is 16.3. The Kier molecular flexibility index (Phi) is 6.21. The molecular formula is C26H29N3O7. The smallest absolute Gasteiger partial charge is 0.255 e. The molecule has 190 valence electrons. The summed E-state index contributed by atoms with van der Waals surface area (Å²) in [5, 5.41) is 44.2. The van der Waals surface area contributed by atoms with Gasteiger partial charge in [0.1, 0.15) is 22.8 Å². The molecule has 0 aromatic heterocycles. The van der Waals surface area contributed by atoms with Crippen LogP contribution in [0.2, 0.25) is 0 Å². The predicted octanol–water partition coefficient (Wildman–Crippen LogP) is -0.123. The largest absolute Gasteiger partial charge is 0.508 e. The van der Waals surface area contributed by atoms with Gasteiger partial charge >= 0.3 is 0 Å². The maximum Gasteiger partial charge on any atom is 0.255 e. The number of aromatic hydroxyl groups is 1. The number of phenols is 1. The molecule has 0 bridgehead atoms. The Morgan fingerprint density at radius 3 is 2.42 bits per heavy atom. The summed E-state index contributed by atoms with van der Waals surface area (Å²) in [6, 6.07) is 1.88. The Morgan fingerprint density at radius 1 is 1.17 bits per heavy atom. The number of rotatable bonds is 3. The third kappa shape index (κ3) is 3.59. The van der Waals surface area contributed by atoms with E-state index in [1.54, 1.807) is 20.2 Å². The number of Topliss-reactive ketones (excluding diaryl/α,β-unsaturated/α-hetero) is 2. The number of nitrogens with zero attached hydrogens (tertiary/aromatic N) is 2. The summed E-state index contributed by atoms with van der Waals surface area (Å²) in [6.07, 6.45) is 0.237. The van der Waals surface area contributed by atoms with Gasteiger partial charge < -0.3 is 26.2 Å². The molecule has 0 saturated heterocycles. The number of hydrogen-bond donors (Lipinski definition) is 5. The molecule has 3 aliphatic carbocycles. The molecule has 1 saturated carbocycles. The summed E-state index contributed by atoms with van der Waals surface area (Å²) < 4.78 is 0. The van der Waals surface area contributed by atoms with Crippen LogP contribution < -0.4 is 5.73 Å². The molecule has 3 aliphatic rings. The van der Waals surface area contributed by atoms with Crippen molar-refractivity contribution in [3.63, 3.8) is 0 Å². The number of aliphatic hydroxyl groups excluding tert-OH is 2. The first-order chi connectivity index (χ1) is 16.8. The Labute approximate surface area is 208 Å². The molecule has 1 fully saturated rings. The average molecular weight is 496 g/mol. The van der Waals surface area contributed by atoms with Crippen molar-refractivity contribution in [1.82, 2.24) is 9.80 Å². The number of carbonyl (C=O) groups is 3. The zero-order valence-electron chi connectivity index (χ0n) is 20.5. The number of benzene rings is 1. The average Bonchev–Trinajstić information content (AvgIpc) is 2.77. The fourth-order valence-electron chi connectivity index (χ4n) is 5.65. The number of primary amides is 1. The SMILES string of the molecule is CN(C)CC#Cc1ccc(O)c2c1CC1CC3C(N(C)C)C(=O)C(C(N)=O)=C(O)C3(O)C(=O)C1=C2O. The topological polar surface area (TPSA) is 165 Å². The first-order valence-corrected chi connectivity index (χ1v) is 11.5. The lowest BCUT2D eigenvalue weighted by Crippen LogP contribution is -2.65. The molecule has 4 rings (SSSR count). The van der Waals surface area contributed by atoms with Crippen molar-refractivity contribution in [3.05, 3.63) is 45.7 Å². The lowest BCUT2D eigenvalue weighted by atomic mass is 9.57. The van der Waals surface area contributed by atoms with Gasteiger partial charge in [-0.05, 0) is 64.6 Å². The minimum absolute atomic E-state index is 0.0305. The van der Waals surface area contributed by atoms with Crippen molar-refractivity contribution < 1.29 is 34.8 Å². The first-order valence-electron chi connectivity index (χ1n) is 11.5. The van der Waals surface area contributed by atoms with Crippen LogP contribution in [0.15, 0.2) is 29.0 Å². The van der Waals surface area contributed by atoms with Crippen LogP contribution >= 0.6 is 0 Å². The van der Waals surface area contributed by atoms with Gasteiger partial charge in [-0.3, -0.25) is 24.2 Å². The van der Waals surface area contributed by atoms with Crippen LogP contribution in [0.4, 0.5) is 0 Å². The summed E-state index contributed by atoms with van der Waals surface area (Å²) in [7, 11) is 6.86. The van der Waals surface area contributed by atoms with E-state index < -0.39 is 58.0 Å². The maximum absolute atomic E-state index is 13.8. The zero-order chi connectivity index (χ0) is 26.7. The molecule has 6 N–H and O–H groups in total. The second-order valence-corrected chi connectivity index (χ2v) is 9.99. The van der Waals surface area contributed by atoms with Crippen LogP contribution in [0.3, 0.4) is 0 Å².